The molecule has 1 aliphatic heterocycles. The Bertz CT molecular complexity index is 501. The topological polar surface area (TPSA) is 81.5 Å². The molecule has 1 atom stereocenters. The third-order valence-corrected chi connectivity index (χ3v) is 3.30. The van der Waals surface area contributed by atoms with Crippen LogP contribution in [0.25, 0.3) is 0 Å². The summed E-state index contributed by atoms with van der Waals surface area (Å²) in [6.45, 7) is 1.89. The molecule has 2 rings (SSSR count). The Morgan fingerprint density at radius 1 is 1.58 bits per heavy atom. The van der Waals surface area contributed by atoms with Gasteiger partial charge in [0.1, 0.15) is 0 Å². The lowest BCUT2D eigenvalue weighted by Crippen LogP contribution is -2.29. The van der Waals surface area contributed by atoms with Crippen molar-refractivity contribution in [1.29, 1.82) is 0 Å². The van der Waals surface area contributed by atoms with E-state index in [0.717, 1.165) is 13.0 Å². The molecule has 0 aliphatic carbocycles. The van der Waals surface area contributed by atoms with Gasteiger partial charge in [0.2, 0.25) is 0 Å². The third-order valence-electron chi connectivity index (χ3n) is 2.98. The molecule has 6 nitrogen and oxygen atoms in total. The van der Waals surface area contributed by atoms with Crippen LogP contribution in [0.2, 0.25) is 5.02 Å². The lowest BCUT2D eigenvalue weighted by Gasteiger charge is -2.10. The van der Waals surface area contributed by atoms with Gasteiger partial charge in [-0.2, -0.15) is 0 Å². The van der Waals surface area contributed by atoms with Crippen LogP contribution in [0.5, 0.6) is 0 Å². The molecule has 1 amide bonds. The van der Waals surface area contributed by atoms with E-state index in [1.807, 2.05) is 0 Å². The maximum atomic E-state index is 11.9. The van der Waals surface area contributed by atoms with Gasteiger partial charge in [0.05, 0.1) is 22.1 Å². The molecule has 1 unspecified atom stereocenters. The minimum atomic E-state index is -0.552. The van der Waals surface area contributed by atoms with Crippen molar-refractivity contribution in [3.63, 3.8) is 0 Å². The minimum absolute atomic E-state index is 0.0781. The summed E-state index contributed by atoms with van der Waals surface area (Å²) in [7, 11) is 0. The highest BCUT2D eigenvalue weighted by Crippen LogP contribution is 2.22. The standard InChI is InChI=1S/C12H13ClN2O4/c13-11-5-9(15(17)18)1-2-10(11)12(16)14-6-8-3-4-19-7-8/h1-2,5,8H,3-4,6-7H2,(H,14,16). The Morgan fingerprint density at radius 3 is 2.95 bits per heavy atom. The first kappa shape index (κ1) is 13.8. The molecule has 19 heavy (non-hydrogen) atoms. The van der Waals surface area contributed by atoms with Gasteiger partial charge in [0.15, 0.2) is 0 Å². The molecule has 1 N–H and O–H groups in total. The predicted octanol–water partition coefficient (Wildman–Crippen LogP) is 2.01. The van der Waals surface area contributed by atoms with Crippen LogP contribution in [0.3, 0.4) is 0 Å². The van der Waals surface area contributed by atoms with E-state index in [4.69, 9.17) is 16.3 Å². The van der Waals surface area contributed by atoms with Gasteiger partial charge in [0, 0.05) is 31.2 Å². The fourth-order valence-electron chi connectivity index (χ4n) is 1.88. The Kier molecular flexibility index (Phi) is 4.34. The van der Waals surface area contributed by atoms with Crippen LogP contribution in [0.1, 0.15) is 16.8 Å². The summed E-state index contributed by atoms with van der Waals surface area (Å²) in [6, 6.07) is 3.80. The van der Waals surface area contributed by atoms with Gasteiger partial charge in [-0.3, -0.25) is 14.9 Å². The molecule has 1 saturated heterocycles. The largest absolute Gasteiger partial charge is 0.381 e. The number of nitro benzene ring substituents is 1. The molecular weight excluding hydrogens is 272 g/mol. The molecule has 1 heterocycles. The number of carbonyl (C=O) groups excluding carboxylic acids is 1. The van der Waals surface area contributed by atoms with Crippen molar-refractivity contribution in [1.82, 2.24) is 5.32 Å². The maximum Gasteiger partial charge on any atom is 0.270 e. The number of ether oxygens (including phenoxy) is 1. The van der Waals surface area contributed by atoms with Crippen molar-refractivity contribution in [2.24, 2.45) is 5.92 Å². The first-order valence-corrected chi connectivity index (χ1v) is 6.25. The molecule has 102 valence electrons. The number of benzene rings is 1. The highest BCUT2D eigenvalue weighted by molar-refractivity contribution is 6.34. The number of carbonyl (C=O) groups is 1. The van der Waals surface area contributed by atoms with Crippen molar-refractivity contribution in [2.75, 3.05) is 19.8 Å². The molecule has 1 aliphatic rings. The number of halogens is 1. The van der Waals surface area contributed by atoms with Crippen molar-refractivity contribution in [3.05, 3.63) is 38.9 Å². The normalized spacial score (nSPS) is 18.3. The number of rotatable bonds is 4. The highest BCUT2D eigenvalue weighted by atomic mass is 35.5. The molecule has 0 saturated carbocycles. The first-order chi connectivity index (χ1) is 9.08. The van der Waals surface area contributed by atoms with E-state index in [1.54, 1.807) is 0 Å². The van der Waals surface area contributed by atoms with E-state index in [1.165, 1.54) is 18.2 Å². The van der Waals surface area contributed by atoms with Crippen LogP contribution in [0.15, 0.2) is 18.2 Å². The summed E-state index contributed by atoms with van der Waals surface area (Å²) >= 11 is 5.87. The molecule has 0 bridgehead atoms. The number of nitrogens with zero attached hydrogens (tertiary/aromatic N) is 1. The third kappa shape index (κ3) is 3.42. The Morgan fingerprint density at radius 2 is 2.37 bits per heavy atom. The summed E-state index contributed by atoms with van der Waals surface area (Å²) in [5.74, 6) is -0.00688. The average molecular weight is 285 g/mol. The second kappa shape index (κ2) is 5.99. The lowest BCUT2D eigenvalue weighted by atomic mass is 10.1. The van der Waals surface area contributed by atoms with E-state index in [2.05, 4.69) is 5.32 Å². The van der Waals surface area contributed by atoms with Crippen LogP contribution >= 0.6 is 11.6 Å². The summed E-state index contributed by atoms with van der Waals surface area (Å²) in [5, 5.41) is 13.4. The fourth-order valence-corrected chi connectivity index (χ4v) is 2.14. The van der Waals surface area contributed by atoms with Crippen LogP contribution in [0.4, 0.5) is 5.69 Å². The van der Waals surface area contributed by atoms with Crippen molar-refractivity contribution >= 4 is 23.2 Å². The van der Waals surface area contributed by atoms with Gasteiger partial charge in [0.25, 0.3) is 11.6 Å². The van der Waals surface area contributed by atoms with Gasteiger partial charge in [-0.15, -0.1) is 0 Å². The SMILES string of the molecule is O=C(NCC1CCOC1)c1ccc([N+](=O)[O-])cc1Cl. The van der Waals surface area contributed by atoms with Crippen molar-refractivity contribution in [2.45, 2.75) is 6.42 Å². The minimum Gasteiger partial charge on any atom is -0.381 e. The summed E-state index contributed by atoms with van der Waals surface area (Å²) < 4.78 is 5.21. The number of non-ortho nitro benzene ring substituents is 1. The Hall–Kier alpha value is -1.66. The van der Waals surface area contributed by atoms with Gasteiger partial charge in [-0.05, 0) is 12.5 Å². The number of nitrogens with one attached hydrogen (secondary N) is 1. The predicted molar refractivity (Wildman–Crippen MR) is 69.4 cm³/mol. The summed E-state index contributed by atoms with van der Waals surface area (Å²) in [4.78, 5) is 21.9. The smallest absolute Gasteiger partial charge is 0.270 e. The summed E-state index contributed by atoms with van der Waals surface area (Å²) in [6.07, 6.45) is 0.925. The average Bonchev–Trinajstić information content (AvgIpc) is 2.88. The second-order valence-electron chi connectivity index (χ2n) is 4.36. The van der Waals surface area contributed by atoms with Crippen LogP contribution < -0.4 is 5.32 Å². The monoisotopic (exact) mass is 284 g/mol. The Labute approximate surface area is 114 Å². The number of nitro groups is 1. The molecule has 1 aromatic carbocycles. The van der Waals surface area contributed by atoms with Crippen LogP contribution in [-0.2, 0) is 4.74 Å². The number of hydrogen-bond acceptors (Lipinski definition) is 4. The molecule has 7 heteroatoms. The van der Waals surface area contributed by atoms with E-state index in [9.17, 15) is 14.9 Å². The number of hydrogen-bond donors (Lipinski definition) is 1. The molecule has 0 aromatic heterocycles. The van der Waals surface area contributed by atoms with E-state index in [0.29, 0.717) is 19.1 Å². The van der Waals surface area contributed by atoms with Crippen molar-refractivity contribution in [3.8, 4) is 0 Å². The Balaban J connectivity index is 2.00. The van der Waals surface area contributed by atoms with E-state index >= 15 is 0 Å². The lowest BCUT2D eigenvalue weighted by molar-refractivity contribution is -0.384. The second-order valence-corrected chi connectivity index (χ2v) is 4.77. The molecular formula is C12H13ClN2O4. The molecule has 1 fully saturated rings. The molecule has 0 spiro atoms. The van der Waals surface area contributed by atoms with Gasteiger partial charge in [-0.1, -0.05) is 11.6 Å². The zero-order valence-electron chi connectivity index (χ0n) is 10.1. The highest BCUT2D eigenvalue weighted by Gasteiger charge is 2.19. The van der Waals surface area contributed by atoms with Crippen molar-refractivity contribution < 1.29 is 14.5 Å². The number of amides is 1. The maximum absolute atomic E-state index is 11.9. The van der Waals surface area contributed by atoms with E-state index < -0.39 is 4.92 Å². The molecule has 0 radical (unpaired) electrons. The zero-order chi connectivity index (χ0) is 13.8. The van der Waals surface area contributed by atoms with E-state index in [-0.39, 0.29) is 22.2 Å². The van der Waals surface area contributed by atoms with Crippen LogP contribution in [0, 0.1) is 16.0 Å². The first-order valence-electron chi connectivity index (χ1n) is 5.88. The van der Waals surface area contributed by atoms with Crippen LogP contribution in [-0.4, -0.2) is 30.6 Å². The molecule has 1 aromatic rings. The quantitative estimate of drug-likeness (QED) is 0.677. The zero-order valence-corrected chi connectivity index (χ0v) is 10.9. The van der Waals surface area contributed by atoms with Gasteiger partial charge >= 0.3 is 0 Å². The van der Waals surface area contributed by atoms with Gasteiger partial charge < -0.3 is 10.1 Å². The summed E-state index contributed by atoms with van der Waals surface area (Å²) in [5.41, 5.74) is 0.108. The van der Waals surface area contributed by atoms with Gasteiger partial charge in [-0.25, -0.2) is 0 Å². The fraction of sp³-hybridized carbons (Fsp3) is 0.417.